The number of hydrogen-bond acceptors (Lipinski definition) is 7. The van der Waals surface area contributed by atoms with Crippen molar-refractivity contribution in [3.05, 3.63) is 51.5 Å². The first kappa shape index (κ1) is 22.1. The predicted octanol–water partition coefficient (Wildman–Crippen LogP) is 2.36. The Morgan fingerprint density at radius 3 is 2.62 bits per heavy atom. The summed E-state index contributed by atoms with van der Waals surface area (Å²) in [5.74, 6) is -5.05. The highest BCUT2D eigenvalue weighted by atomic mass is 16.5. The van der Waals surface area contributed by atoms with Crippen molar-refractivity contribution in [3.63, 3.8) is 0 Å². The number of amides is 1. The summed E-state index contributed by atoms with van der Waals surface area (Å²) in [6.45, 7) is 4.36. The molecule has 8 nitrogen and oxygen atoms in total. The van der Waals surface area contributed by atoms with E-state index in [0.717, 1.165) is 24.0 Å². The SMILES string of the molecule is CCCCOc1ccc(C)c2c1C(=O)C1=C(O)[C@]3(O)C(=O)C(C(N)=O)=C(O)C[C@@H]3C[C@@H]1C2. The number of primary amides is 1. The number of hydrogen-bond donors (Lipinski definition) is 4. The number of aliphatic hydroxyl groups is 3. The Balaban J connectivity index is 1.84. The van der Waals surface area contributed by atoms with Crippen molar-refractivity contribution in [2.75, 3.05) is 6.61 Å². The molecule has 8 heteroatoms. The third kappa shape index (κ3) is 3.04. The van der Waals surface area contributed by atoms with Crippen LogP contribution in [0.3, 0.4) is 0 Å². The highest BCUT2D eigenvalue weighted by Gasteiger charge is 2.59. The van der Waals surface area contributed by atoms with Crippen molar-refractivity contribution in [1.29, 1.82) is 0 Å². The smallest absolute Gasteiger partial charge is 0.255 e. The van der Waals surface area contributed by atoms with E-state index in [0.29, 0.717) is 24.3 Å². The van der Waals surface area contributed by atoms with Gasteiger partial charge in [-0.15, -0.1) is 0 Å². The zero-order chi connectivity index (χ0) is 23.4. The fraction of sp³-hybridized carbons (Fsp3) is 0.458. The number of benzene rings is 1. The summed E-state index contributed by atoms with van der Waals surface area (Å²) in [5.41, 5.74) is 4.02. The molecule has 32 heavy (non-hydrogen) atoms. The van der Waals surface area contributed by atoms with Crippen molar-refractivity contribution >= 4 is 17.5 Å². The molecule has 0 aromatic heterocycles. The lowest BCUT2D eigenvalue weighted by Crippen LogP contribution is -2.57. The van der Waals surface area contributed by atoms with Crippen LogP contribution in [0.1, 0.15) is 54.1 Å². The zero-order valence-corrected chi connectivity index (χ0v) is 18.1. The molecule has 1 amide bonds. The van der Waals surface area contributed by atoms with Gasteiger partial charge in [-0.05, 0) is 49.3 Å². The molecule has 0 heterocycles. The number of aliphatic hydroxyl groups excluding tert-OH is 2. The molecule has 4 rings (SSSR count). The van der Waals surface area contributed by atoms with Crippen LogP contribution in [0.15, 0.2) is 34.8 Å². The molecule has 0 spiro atoms. The maximum Gasteiger partial charge on any atom is 0.255 e. The molecule has 170 valence electrons. The number of aryl methyl sites for hydroxylation is 1. The number of carbonyl (C=O) groups excluding carboxylic acids is 3. The van der Waals surface area contributed by atoms with Gasteiger partial charge in [0.1, 0.15) is 22.8 Å². The number of unbranched alkanes of at least 4 members (excludes halogenated alkanes) is 1. The molecule has 0 saturated carbocycles. The highest BCUT2D eigenvalue weighted by molar-refractivity contribution is 6.24. The second-order valence-corrected chi connectivity index (χ2v) is 8.85. The van der Waals surface area contributed by atoms with Crippen LogP contribution in [0.25, 0.3) is 0 Å². The van der Waals surface area contributed by atoms with E-state index in [4.69, 9.17) is 10.5 Å². The molecule has 0 aliphatic heterocycles. The second kappa shape index (κ2) is 7.78. The van der Waals surface area contributed by atoms with Crippen molar-refractivity contribution < 1.29 is 34.4 Å². The lowest BCUT2D eigenvalue weighted by molar-refractivity contribution is -0.144. The van der Waals surface area contributed by atoms with E-state index in [1.54, 1.807) is 6.07 Å². The van der Waals surface area contributed by atoms with E-state index in [9.17, 15) is 29.7 Å². The van der Waals surface area contributed by atoms with Gasteiger partial charge in [0, 0.05) is 17.9 Å². The van der Waals surface area contributed by atoms with Gasteiger partial charge in [0.25, 0.3) is 5.91 Å². The number of ether oxygens (including phenoxy) is 1. The minimum Gasteiger partial charge on any atom is -0.511 e. The summed E-state index contributed by atoms with van der Waals surface area (Å²) >= 11 is 0. The first-order chi connectivity index (χ1) is 15.1. The van der Waals surface area contributed by atoms with Crippen LogP contribution in [0.4, 0.5) is 0 Å². The fourth-order valence-electron chi connectivity index (χ4n) is 5.21. The molecular weight excluding hydrogens is 414 g/mol. The van der Waals surface area contributed by atoms with E-state index in [1.807, 2.05) is 19.9 Å². The summed E-state index contributed by atoms with van der Waals surface area (Å²) in [5, 5.41) is 32.6. The maximum atomic E-state index is 13.6. The van der Waals surface area contributed by atoms with Crippen LogP contribution >= 0.6 is 0 Å². The third-order valence-corrected chi connectivity index (χ3v) is 6.92. The largest absolute Gasteiger partial charge is 0.511 e. The zero-order valence-electron chi connectivity index (χ0n) is 18.1. The predicted molar refractivity (Wildman–Crippen MR) is 114 cm³/mol. The van der Waals surface area contributed by atoms with Crippen LogP contribution in [0.5, 0.6) is 5.75 Å². The van der Waals surface area contributed by atoms with Crippen LogP contribution in [0.2, 0.25) is 0 Å². The topological polar surface area (TPSA) is 147 Å². The molecule has 3 atom stereocenters. The number of fused-ring (bicyclic) bond motifs is 3. The standard InChI is InChI=1S/C24H27NO7/c1-3-4-7-32-16-6-5-11(2)14-9-12-8-13-10-15(26)19(23(25)30)22(29)24(13,31)21(28)17(12)20(27)18(14)16/h5-6,12-13,26,28,31H,3-4,7-10H2,1-2H3,(H2,25,30)/t12-,13+,24+/m1/s1. The van der Waals surface area contributed by atoms with Gasteiger partial charge in [0.15, 0.2) is 11.4 Å². The Hall–Kier alpha value is -3.13. The minimum atomic E-state index is -2.48. The Morgan fingerprint density at radius 2 is 1.97 bits per heavy atom. The molecule has 3 aliphatic carbocycles. The normalized spacial score (nSPS) is 27.1. The number of ketones is 2. The molecule has 0 radical (unpaired) electrons. The Kier molecular flexibility index (Phi) is 5.36. The molecule has 5 N–H and O–H groups in total. The van der Waals surface area contributed by atoms with Gasteiger partial charge in [0.2, 0.25) is 5.78 Å². The van der Waals surface area contributed by atoms with E-state index in [1.165, 1.54) is 0 Å². The van der Waals surface area contributed by atoms with Gasteiger partial charge < -0.3 is 25.8 Å². The monoisotopic (exact) mass is 441 g/mol. The van der Waals surface area contributed by atoms with Gasteiger partial charge in [0.05, 0.1) is 12.2 Å². The third-order valence-electron chi connectivity index (χ3n) is 6.92. The minimum absolute atomic E-state index is 0.0410. The number of rotatable bonds is 5. The quantitative estimate of drug-likeness (QED) is 0.405. The van der Waals surface area contributed by atoms with Crippen molar-refractivity contribution in [2.24, 2.45) is 17.6 Å². The molecule has 0 unspecified atom stereocenters. The Morgan fingerprint density at radius 1 is 1.25 bits per heavy atom. The van der Waals surface area contributed by atoms with Gasteiger partial charge >= 0.3 is 0 Å². The summed E-state index contributed by atoms with van der Waals surface area (Å²) in [7, 11) is 0. The van der Waals surface area contributed by atoms with Crippen LogP contribution in [-0.2, 0) is 16.0 Å². The number of allylic oxidation sites excluding steroid dienone is 2. The molecule has 0 bridgehead atoms. The van der Waals surface area contributed by atoms with Crippen LogP contribution in [-0.4, -0.2) is 45.0 Å². The average molecular weight is 441 g/mol. The maximum absolute atomic E-state index is 13.6. The van der Waals surface area contributed by atoms with E-state index in [2.05, 4.69) is 0 Å². The molecule has 1 aromatic carbocycles. The Labute approximate surface area is 185 Å². The molecule has 0 saturated heterocycles. The van der Waals surface area contributed by atoms with Gasteiger partial charge in [-0.3, -0.25) is 14.4 Å². The molecule has 1 aromatic rings. The number of nitrogens with two attached hydrogens (primary N) is 1. The first-order valence-corrected chi connectivity index (χ1v) is 10.8. The lowest BCUT2D eigenvalue weighted by Gasteiger charge is -2.45. The number of Topliss-reactive ketones (excluding diaryl/α,β-unsaturated/α-hetero) is 2. The lowest BCUT2D eigenvalue weighted by atomic mass is 9.60. The van der Waals surface area contributed by atoms with Crippen molar-refractivity contribution in [3.8, 4) is 5.75 Å². The fourth-order valence-corrected chi connectivity index (χ4v) is 5.21. The first-order valence-electron chi connectivity index (χ1n) is 10.8. The summed E-state index contributed by atoms with van der Waals surface area (Å²) in [6, 6.07) is 3.61. The molecular formula is C24H27NO7. The summed E-state index contributed by atoms with van der Waals surface area (Å²) in [6.07, 6.45) is 2.15. The second-order valence-electron chi connectivity index (χ2n) is 8.85. The number of carbonyl (C=O) groups is 3. The van der Waals surface area contributed by atoms with Crippen LogP contribution in [0, 0.1) is 18.8 Å². The average Bonchev–Trinajstić information content (AvgIpc) is 2.72. The molecule has 3 aliphatic rings. The summed E-state index contributed by atoms with van der Waals surface area (Å²) in [4.78, 5) is 38.3. The van der Waals surface area contributed by atoms with E-state index < -0.39 is 52.0 Å². The van der Waals surface area contributed by atoms with Gasteiger partial charge in [-0.2, -0.15) is 0 Å². The van der Waals surface area contributed by atoms with E-state index in [-0.39, 0.29) is 18.4 Å². The van der Waals surface area contributed by atoms with Crippen molar-refractivity contribution in [1.82, 2.24) is 0 Å². The van der Waals surface area contributed by atoms with Crippen molar-refractivity contribution in [2.45, 2.75) is 51.6 Å². The van der Waals surface area contributed by atoms with Crippen LogP contribution < -0.4 is 10.5 Å². The molecule has 0 fully saturated rings. The summed E-state index contributed by atoms with van der Waals surface area (Å²) < 4.78 is 5.84. The Bertz CT molecular complexity index is 1100. The highest BCUT2D eigenvalue weighted by Crippen LogP contribution is 2.51. The van der Waals surface area contributed by atoms with E-state index >= 15 is 0 Å². The van der Waals surface area contributed by atoms with Gasteiger partial charge in [-0.25, -0.2) is 0 Å². The van der Waals surface area contributed by atoms with Gasteiger partial charge in [-0.1, -0.05) is 19.4 Å².